The largest absolute Gasteiger partial charge is 0.373 e. The number of aromatic nitrogens is 2. The highest BCUT2D eigenvalue weighted by Crippen LogP contribution is 2.29. The molecule has 1 aliphatic carbocycles. The average Bonchev–Trinajstić information content (AvgIpc) is 2.83. The molecule has 2 heterocycles. The number of fused-ring (bicyclic) bond motifs is 1. The fourth-order valence-electron chi connectivity index (χ4n) is 2.49. The predicted molar refractivity (Wildman–Crippen MR) is 76.2 cm³/mol. The molecule has 0 fully saturated rings. The Labute approximate surface area is 111 Å². The van der Waals surface area contributed by atoms with Crippen molar-refractivity contribution >= 4 is 17.2 Å². The van der Waals surface area contributed by atoms with Crippen LogP contribution in [-0.4, -0.2) is 17.0 Å². The highest BCUT2D eigenvalue weighted by atomic mass is 32.1. The van der Waals surface area contributed by atoms with Crippen molar-refractivity contribution in [3.05, 3.63) is 28.8 Å². The molecular formula is C14H17N3S. The lowest BCUT2D eigenvalue weighted by Gasteiger charge is -2.12. The van der Waals surface area contributed by atoms with Gasteiger partial charge in [0.25, 0.3) is 0 Å². The molecular weight excluding hydrogens is 242 g/mol. The van der Waals surface area contributed by atoms with E-state index in [1.165, 1.54) is 30.5 Å². The lowest BCUT2D eigenvalue weighted by molar-refractivity contribution is 0.709. The van der Waals surface area contributed by atoms with E-state index in [-0.39, 0.29) is 0 Å². The van der Waals surface area contributed by atoms with Crippen molar-refractivity contribution in [1.82, 2.24) is 9.97 Å². The number of nitrogens with one attached hydrogen (secondary N) is 1. The van der Waals surface area contributed by atoms with Crippen LogP contribution in [0.1, 0.15) is 30.5 Å². The predicted octanol–water partition coefficient (Wildman–Crippen LogP) is 3.52. The Morgan fingerprint density at radius 1 is 1.17 bits per heavy atom. The van der Waals surface area contributed by atoms with E-state index < -0.39 is 0 Å². The molecule has 0 aromatic carbocycles. The van der Waals surface area contributed by atoms with Gasteiger partial charge in [0, 0.05) is 18.3 Å². The third kappa shape index (κ3) is 2.12. The molecule has 3 rings (SSSR count). The first-order valence-corrected chi connectivity index (χ1v) is 7.38. The summed E-state index contributed by atoms with van der Waals surface area (Å²) in [6.07, 6.45) is 6.00. The highest BCUT2D eigenvalue weighted by Gasteiger charge is 2.16. The van der Waals surface area contributed by atoms with Crippen LogP contribution in [0.4, 0.5) is 5.82 Å². The molecule has 0 atom stereocenters. The van der Waals surface area contributed by atoms with Gasteiger partial charge in [-0.05, 0) is 37.1 Å². The van der Waals surface area contributed by atoms with Gasteiger partial charge in [0.1, 0.15) is 5.82 Å². The van der Waals surface area contributed by atoms with Crippen LogP contribution >= 0.6 is 11.3 Å². The fourth-order valence-corrected chi connectivity index (χ4v) is 3.15. The average molecular weight is 259 g/mol. The van der Waals surface area contributed by atoms with Crippen LogP contribution < -0.4 is 5.32 Å². The molecule has 1 aliphatic rings. The second kappa shape index (κ2) is 5.06. The quantitative estimate of drug-likeness (QED) is 0.839. The third-order valence-electron chi connectivity index (χ3n) is 3.41. The summed E-state index contributed by atoms with van der Waals surface area (Å²) in [7, 11) is 1.95. The van der Waals surface area contributed by atoms with E-state index in [0.29, 0.717) is 0 Å². The minimum Gasteiger partial charge on any atom is -0.373 e. The normalized spacial score (nSPS) is 14.9. The number of hydrogen-bond acceptors (Lipinski definition) is 4. The van der Waals surface area contributed by atoms with Gasteiger partial charge in [-0.2, -0.15) is 0 Å². The maximum atomic E-state index is 4.78. The first kappa shape index (κ1) is 11.7. The molecule has 0 aliphatic heterocycles. The molecule has 18 heavy (non-hydrogen) atoms. The third-order valence-corrected chi connectivity index (χ3v) is 4.28. The molecule has 0 radical (unpaired) electrons. The van der Waals surface area contributed by atoms with Crippen molar-refractivity contribution in [1.29, 1.82) is 0 Å². The molecule has 94 valence electrons. The lowest BCUT2D eigenvalue weighted by atomic mass is 10.1. The summed E-state index contributed by atoms with van der Waals surface area (Å²) in [6, 6.07) is 4.14. The molecule has 0 saturated carbocycles. The van der Waals surface area contributed by atoms with Crippen molar-refractivity contribution in [2.75, 3.05) is 12.4 Å². The van der Waals surface area contributed by atoms with Gasteiger partial charge in [-0.25, -0.2) is 9.97 Å². The van der Waals surface area contributed by atoms with Gasteiger partial charge >= 0.3 is 0 Å². The number of anilines is 1. The topological polar surface area (TPSA) is 37.8 Å². The highest BCUT2D eigenvalue weighted by molar-refractivity contribution is 7.13. The maximum Gasteiger partial charge on any atom is 0.171 e. The number of aryl methyl sites for hydroxylation is 1. The summed E-state index contributed by atoms with van der Waals surface area (Å²) in [5.74, 6) is 1.89. The van der Waals surface area contributed by atoms with E-state index in [1.807, 2.05) is 13.1 Å². The van der Waals surface area contributed by atoms with Gasteiger partial charge in [0.15, 0.2) is 5.82 Å². The van der Waals surface area contributed by atoms with Gasteiger partial charge in [-0.3, -0.25) is 0 Å². The van der Waals surface area contributed by atoms with Crippen LogP contribution in [0.25, 0.3) is 10.7 Å². The first-order valence-electron chi connectivity index (χ1n) is 6.50. The van der Waals surface area contributed by atoms with Crippen molar-refractivity contribution in [2.24, 2.45) is 0 Å². The van der Waals surface area contributed by atoms with Crippen molar-refractivity contribution in [3.63, 3.8) is 0 Å². The second-order valence-corrected chi connectivity index (χ2v) is 5.56. The molecule has 2 aromatic heterocycles. The van der Waals surface area contributed by atoms with Crippen LogP contribution in [0.5, 0.6) is 0 Å². The molecule has 3 nitrogen and oxygen atoms in total. The molecule has 0 spiro atoms. The summed E-state index contributed by atoms with van der Waals surface area (Å²) in [5.41, 5.74) is 2.57. The second-order valence-electron chi connectivity index (χ2n) is 4.61. The summed E-state index contributed by atoms with van der Waals surface area (Å²) in [4.78, 5) is 10.6. The van der Waals surface area contributed by atoms with Gasteiger partial charge < -0.3 is 5.32 Å². The molecule has 1 N–H and O–H groups in total. The maximum absolute atomic E-state index is 4.78. The van der Waals surface area contributed by atoms with Crippen LogP contribution in [0.3, 0.4) is 0 Å². The van der Waals surface area contributed by atoms with Gasteiger partial charge in [-0.1, -0.05) is 12.5 Å². The van der Waals surface area contributed by atoms with E-state index >= 15 is 0 Å². The Kier molecular flexibility index (Phi) is 3.28. The monoisotopic (exact) mass is 259 g/mol. The minimum atomic E-state index is 0.870. The zero-order valence-electron chi connectivity index (χ0n) is 10.6. The van der Waals surface area contributed by atoms with Crippen molar-refractivity contribution < 1.29 is 0 Å². The summed E-state index contributed by atoms with van der Waals surface area (Å²) in [5, 5.41) is 5.31. The Morgan fingerprint density at radius 2 is 2.06 bits per heavy atom. The molecule has 0 saturated heterocycles. The smallest absolute Gasteiger partial charge is 0.171 e. The van der Waals surface area contributed by atoms with E-state index in [2.05, 4.69) is 21.7 Å². The van der Waals surface area contributed by atoms with E-state index in [1.54, 1.807) is 11.3 Å². The molecule has 0 amide bonds. The summed E-state index contributed by atoms with van der Waals surface area (Å²) >= 11 is 1.70. The standard InChI is InChI=1S/C14H17N3S/c1-15-13-10-6-3-2-4-7-11(10)16-14(17-13)12-8-5-9-18-12/h5,8-9H,2-4,6-7H2,1H3,(H,15,16,17). The Balaban J connectivity index is 2.10. The fraction of sp³-hybridized carbons (Fsp3) is 0.429. The van der Waals surface area contributed by atoms with Crippen LogP contribution in [0.15, 0.2) is 17.5 Å². The summed E-state index contributed by atoms with van der Waals surface area (Å²) in [6.45, 7) is 0. The number of rotatable bonds is 2. The molecule has 0 unspecified atom stereocenters. The zero-order valence-corrected chi connectivity index (χ0v) is 11.4. The van der Waals surface area contributed by atoms with Gasteiger partial charge in [0.05, 0.1) is 4.88 Å². The molecule has 2 aromatic rings. The molecule has 4 heteroatoms. The van der Waals surface area contributed by atoms with E-state index in [9.17, 15) is 0 Å². The zero-order chi connectivity index (χ0) is 12.4. The van der Waals surface area contributed by atoms with E-state index in [0.717, 1.165) is 29.4 Å². The number of thiophene rings is 1. The van der Waals surface area contributed by atoms with Crippen LogP contribution in [0, 0.1) is 0 Å². The molecule has 0 bridgehead atoms. The van der Waals surface area contributed by atoms with Crippen LogP contribution in [0.2, 0.25) is 0 Å². The Hall–Kier alpha value is -1.42. The summed E-state index contributed by atoms with van der Waals surface area (Å²) < 4.78 is 0. The SMILES string of the molecule is CNc1nc(-c2cccs2)nc2c1CCCCC2. The number of hydrogen-bond donors (Lipinski definition) is 1. The van der Waals surface area contributed by atoms with Gasteiger partial charge in [-0.15, -0.1) is 11.3 Å². The van der Waals surface area contributed by atoms with Crippen molar-refractivity contribution in [2.45, 2.75) is 32.1 Å². The number of nitrogens with zero attached hydrogens (tertiary/aromatic N) is 2. The Bertz CT molecular complexity index is 534. The van der Waals surface area contributed by atoms with Gasteiger partial charge in [0.2, 0.25) is 0 Å². The van der Waals surface area contributed by atoms with E-state index in [4.69, 9.17) is 4.98 Å². The minimum absolute atomic E-state index is 0.870. The van der Waals surface area contributed by atoms with Crippen molar-refractivity contribution in [3.8, 4) is 10.7 Å². The Morgan fingerprint density at radius 3 is 2.83 bits per heavy atom. The lowest BCUT2D eigenvalue weighted by Crippen LogP contribution is -2.06. The first-order chi connectivity index (χ1) is 8.88. The van der Waals surface area contributed by atoms with Crippen LogP contribution in [-0.2, 0) is 12.8 Å².